The van der Waals surface area contributed by atoms with Crippen LogP contribution in [0.4, 0.5) is 4.79 Å². The monoisotopic (exact) mass is 589 g/mol. The lowest BCUT2D eigenvalue weighted by atomic mass is 9.99. The van der Waals surface area contributed by atoms with E-state index in [-0.39, 0.29) is 17.6 Å². The van der Waals surface area contributed by atoms with Gasteiger partial charge in [-0.2, -0.15) is 0 Å². The Kier molecular flexibility index (Phi) is 42.1. The molecule has 2 aliphatic rings. The summed E-state index contributed by atoms with van der Waals surface area (Å²) in [7, 11) is 0. The molecule has 5 nitrogen and oxygen atoms in total. The highest BCUT2D eigenvalue weighted by molar-refractivity contribution is 5.73. The first kappa shape index (κ1) is 49.4. The fourth-order valence-corrected chi connectivity index (χ4v) is 4.18. The number of ether oxygens (including phenoxy) is 1. The molecule has 41 heavy (non-hydrogen) atoms. The number of hydrogen-bond donors (Lipinski definition) is 0. The van der Waals surface area contributed by atoms with Crippen molar-refractivity contribution in [1.82, 2.24) is 9.80 Å². The minimum atomic E-state index is -0.336. The van der Waals surface area contributed by atoms with E-state index in [2.05, 4.69) is 34.6 Å². The van der Waals surface area contributed by atoms with E-state index in [1.54, 1.807) is 6.92 Å². The predicted octanol–water partition coefficient (Wildman–Crippen LogP) is 11.6. The fraction of sp³-hybridized carbons (Fsp3) is 0.944. The van der Waals surface area contributed by atoms with E-state index in [0.717, 1.165) is 50.9 Å². The second kappa shape index (κ2) is 34.9. The van der Waals surface area contributed by atoms with Gasteiger partial charge in [0.25, 0.3) is 0 Å². The van der Waals surface area contributed by atoms with Crippen LogP contribution in [0.2, 0.25) is 0 Å². The van der Waals surface area contributed by atoms with E-state index in [1.807, 2.05) is 86.0 Å². The Bertz CT molecular complexity index is 523. The third kappa shape index (κ3) is 31.5. The molecule has 1 atom stereocenters. The Morgan fingerprint density at radius 2 is 1.20 bits per heavy atom. The van der Waals surface area contributed by atoms with Gasteiger partial charge in [0.2, 0.25) is 5.91 Å². The zero-order valence-electron chi connectivity index (χ0n) is 31.5. The third-order valence-electron chi connectivity index (χ3n) is 6.92. The van der Waals surface area contributed by atoms with Crippen molar-refractivity contribution in [2.45, 2.75) is 181 Å². The highest BCUT2D eigenvalue weighted by Crippen LogP contribution is 2.20. The Hall–Kier alpha value is -1.26. The average molecular weight is 589 g/mol. The minimum absolute atomic E-state index is 0.145. The van der Waals surface area contributed by atoms with Crippen molar-refractivity contribution in [2.75, 3.05) is 26.2 Å². The first-order chi connectivity index (χ1) is 19.4. The molecule has 5 heteroatoms. The zero-order valence-corrected chi connectivity index (χ0v) is 31.5. The number of nitrogens with zero attached hydrogens (tertiary/aromatic N) is 2. The Morgan fingerprint density at radius 1 is 0.756 bits per heavy atom. The number of carbonyl (C=O) groups is 2. The summed E-state index contributed by atoms with van der Waals surface area (Å²) in [5, 5.41) is 0. The summed E-state index contributed by atoms with van der Waals surface area (Å²) in [4.78, 5) is 26.4. The van der Waals surface area contributed by atoms with Gasteiger partial charge in [0, 0.05) is 33.1 Å². The largest absolute Gasteiger partial charge is 0.443 e. The smallest absolute Gasteiger partial charge is 0.410 e. The third-order valence-corrected chi connectivity index (χ3v) is 6.92. The maximum absolute atomic E-state index is 11.8. The van der Waals surface area contributed by atoms with Gasteiger partial charge in [-0.3, -0.25) is 4.79 Å². The molecular formula is C36H80N2O3. The van der Waals surface area contributed by atoms with Crippen molar-refractivity contribution < 1.29 is 14.3 Å². The molecule has 1 unspecified atom stereocenters. The van der Waals surface area contributed by atoms with Gasteiger partial charge in [-0.05, 0) is 63.7 Å². The summed E-state index contributed by atoms with van der Waals surface area (Å²) in [6, 6.07) is 0. The van der Waals surface area contributed by atoms with E-state index < -0.39 is 0 Å². The maximum Gasteiger partial charge on any atom is 0.410 e. The molecule has 252 valence electrons. The molecule has 0 bridgehead atoms. The summed E-state index contributed by atoms with van der Waals surface area (Å²) in [5.41, 5.74) is -0.336. The van der Waals surface area contributed by atoms with Crippen LogP contribution < -0.4 is 0 Å². The van der Waals surface area contributed by atoms with E-state index in [4.69, 9.17) is 4.74 Å². The van der Waals surface area contributed by atoms with E-state index in [1.165, 1.54) is 44.9 Å². The summed E-state index contributed by atoms with van der Waals surface area (Å²) < 4.78 is 5.46. The van der Waals surface area contributed by atoms with Crippen molar-refractivity contribution in [3.8, 4) is 0 Å². The Balaban J connectivity index is -0.000000146. The molecule has 0 saturated carbocycles. The van der Waals surface area contributed by atoms with Gasteiger partial charge in [-0.1, -0.05) is 123 Å². The highest BCUT2D eigenvalue weighted by atomic mass is 16.6. The van der Waals surface area contributed by atoms with E-state index in [0.29, 0.717) is 5.92 Å². The number of piperidine rings is 2. The van der Waals surface area contributed by atoms with Crippen LogP contribution in [0.3, 0.4) is 0 Å². The molecule has 0 aromatic carbocycles. The second-order valence-corrected chi connectivity index (χ2v) is 11.0. The number of likely N-dealkylation sites (tertiary alicyclic amines) is 2. The number of rotatable bonds is 6. The minimum Gasteiger partial charge on any atom is -0.443 e. The van der Waals surface area contributed by atoms with Gasteiger partial charge < -0.3 is 14.5 Å². The summed E-state index contributed by atoms with van der Waals surface area (Å²) in [6.45, 7) is 38.5. The van der Waals surface area contributed by atoms with Crippen LogP contribution in [0.5, 0.6) is 0 Å². The molecule has 2 rings (SSSR count). The standard InChI is InChI=1S/C12H23NO2.C8H15NO.C8H18.4C2H6/c1-5-12(3,4)15-11(14)13-8-6-7-10(2)9-13;1-7-3-5-9(6-4-7)8(2)10;1-4-6-8(3)7-5-2;4*1-2/h10H,5-9H2,1-4H3;7H,3-6H2,1-2H3;8H,4-7H2,1-3H3;4*1-2H3. The fourth-order valence-electron chi connectivity index (χ4n) is 4.18. The van der Waals surface area contributed by atoms with Gasteiger partial charge in [0.1, 0.15) is 5.60 Å². The molecule has 0 N–H and O–H groups in total. The molecule has 2 fully saturated rings. The van der Waals surface area contributed by atoms with Gasteiger partial charge in [0.05, 0.1) is 0 Å². The quantitative estimate of drug-likeness (QED) is 0.310. The lowest BCUT2D eigenvalue weighted by Gasteiger charge is -2.33. The molecule has 0 aromatic rings. The van der Waals surface area contributed by atoms with Gasteiger partial charge >= 0.3 is 6.09 Å². The summed E-state index contributed by atoms with van der Waals surface area (Å²) in [5.74, 6) is 2.61. The molecule has 2 saturated heterocycles. The number of carbonyl (C=O) groups excluding carboxylic acids is 2. The number of amides is 2. The highest BCUT2D eigenvalue weighted by Gasteiger charge is 2.27. The SMILES string of the molecule is CC.CC.CC.CC.CC(=O)N1CCC(C)CC1.CCC(C)(C)OC(=O)N1CCCC(C)C1.CCCC(C)CCC. The summed E-state index contributed by atoms with van der Waals surface area (Å²) >= 11 is 0. The van der Waals surface area contributed by atoms with Crippen LogP contribution in [0, 0.1) is 17.8 Å². The molecular weight excluding hydrogens is 508 g/mol. The first-order valence-electron chi connectivity index (χ1n) is 17.7. The maximum atomic E-state index is 11.8. The van der Waals surface area contributed by atoms with Crippen LogP contribution in [-0.2, 0) is 9.53 Å². The van der Waals surface area contributed by atoms with Gasteiger partial charge in [-0.25, -0.2) is 4.79 Å². The molecule has 2 heterocycles. The molecule has 2 aliphatic heterocycles. The molecule has 0 aromatic heterocycles. The topological polar surface area (TPSA) is 49.9 Å². The Morgan fingerprint density at radius 3 is 1.54 bits per heavy atom. The lowest BCUT2D eigenvalue weighted by Crippen LogP contribution is -2.42. The van der Waals surface area contributed by atoms with Crippen LogP contribution in [0.25, 0.3) is 0 Å². The van der Waals surface area contributed by atoms with Gasteiger partial charge in [0.15, 0.2) is 0 Å². The molecule has 0 aliphatic carbocycles. The lowest BCUT2D eigenvalue weighted by molar-refractivity contribution is -0.130. The predicted molar refractivity (Wildman–Crippen MR) is 186 cm³/mol. The van der Waals surface area contributed by atoms with Crippen molar-refractivity contribution in [3.05, 3.63) is 0 Å². The van der Waals surface area contributed by atoms with Crippen molar-refractivity contribution in [1.29, 1.82) is 0 Å². The Labute approximate surface area is 260 Å². The first-order valence-corrected chi connectivity index (χ1v) is 17.7. The van der Waals surface area contributed by atoms with Crippen LogP contribution >= 0.6 is 0 Å². The summed E-state index contributed by atoms with van der Waals surface area (Å²) in [6.07, 6.45) is 10.9. The van der Waals surface area contributed by atoms with E-state index in [9.17, 15) is 9.59 Å². The van der Waals surface area contributed by atoms with E-state index >= 15 is 0 Å². The van der Waals surface area contributed by atoms with Crippen LogP contribution in [0.1, 0.15) is 175 Å². The van der Waals surface area contributed by atoms with Crippen molar-refractivity contribution in [3.63, 3.8) is 0 Å². The van der Waals surface area contributed by atoms with Crippen LogP contribution in [-0.4, -0.2) is 53.6 Å². The number of hydrogen-bond acceptors (Lipinski definition) is 3. The van der Waals surface area contributed by atoms with Gasteiger partial charge in [-0.15, -0.1) is 0 Å². The average Bonchev–Trinajstić information content (AvgIpc) is 2.98. The molecule has 0 spiro atoms. The normalized spacial score (nSPS) is 16.1. The second-order valence-electron chi connectivity index (χ2n) is 11.0. The molecule has 0 radical (unpaired) electrons. The molecule has 2 amide bonds. The van der Waals surface area contributed by atoms with Crippen LogP contribution in [0.15, 0.2) is 0 Å². The van der Waals surface area contributed by atoms with Crippen molar-refractivity contribution in [2.24, 2.45) is 17.8 Å². The zero-order chi connectivity index (χ0) is 33.4. The van der Waals surface area contributed by atoms with Crippen molar-refractivity contribution >= 4 is 12.0 Å².